The van der Waals surface area contributed by atoms with Gasteiger partial charge in [0.2, 0.25) is 0 Å². The van der Waals surface area contributed by atoms with E-state index in [-0.39, 0.29) is 23.1 Å². The van der Waals surface area contributed by atoms with Crippen LogP contribution in [0.3, 0.4) is 0 Å². The number of phenols is 1. The molecular weight excluding hydrogens is 451 g/mol. The number of benzene rings is 1. The van der Waals surface area contributed by atoms with E-state index in [9.17, 15) is 5.11 Å². The summed E-state index contributed by atoms with van der Waals surface area (Å²) in [6.45, 7) is 13.7. The Hall–Kier alpha value is -0.600. The lowest BCUT2D eigenvalue weighted by Gasteiger charge is -2.38. The van der Waals surface area contributed by atoms with Crippen LogP contribution in [0.1, 0.15) is 121 Å². The molecule has 2 rings (SSSR count). The maximum absolute atomic E-state index is 10.6. The van der Waals surface area contributed by atoms with E-state index in [0.29, 0.717) is 0 Å². The molecule has 3 unspecified atom stereocenters. The Bertz CT molecular complexity index is 746. The molecule has 0 saturated heterocycles. The molecule has 1 aliphatic rings. The van der Waals surface area contributed by atoms with Crippen molar-refractivity contribution in [3.05, 3.63) is 22.3 Å². The molecule has 0 saturated carbocycles. The first kappa shape index (κ1) is 28.6. The smallest absolute Gasteiger partial charge is 0.127 e. The highest BCUT2D eigenvalue weighted by atomic mass is 35.5. The average Bonchev–Trinajstić information content (AvgIpc) is 2.74. The van der Waals surface area contributed by atoms with Crippen LogP contribution in [0, 0.1) is 24.7 Å². The maximum atomic E-state index is 10.6. The Morgan fingerprint density at radius 2 is 1.42 bits per heavy atom. The van der Waals surface area contributed by atoms with Crippen LogP contribution in [-0.4, -0.2) is 10.7 Å². The molecule has 2 nitrogen and oxygen atoms in total. The predicted molar refractivity (Wildman–Crippen MR) is 144 cm³/mol. The van der Waals surface area contributed by atoms with Gasteiger partial charge in [0.25, 0.3) is 0 Å². The molecule has 1 aliphatic heterocycles. The summed E-state index contributed by atoms with van der Waals surface area (Å²) < 4.78 is 6.61. The summed E-state index contributed by atoms with van der Waals surface area (Å²) in [6.07, 6.45) is 13.6. The van der Waals surface area contributed by atoms with Gasteiger partial charge in [-0.3, -0.25) is 0 Å². The summed E-state index contributed by atoms with van der Waals surface area (Å²) in [6, 6.07) is 0. The van der Waals surface area contributed by atoms with E-state index in [1.54, 1.807) is 0 Å². The molecule has 3 atom stereocenters. The van der Waals surface area contributed by atoms with Crippen LogP contribution in [-0.2, 0) is 18.2 Å². The van der Waals surface area contributed by atoms with E-state index in [2.05, 4.69) is 34.6 Å². The fourth-order valence-electron chi connectivity index (χ4n) is 5.38. The Morgan fingerprint density at radius 1 is 0.879 bits per heavy atom. The molecule has 1 heterocycles. The van der Waals surface area contributed by atoms with E-state index in [0.717, 1.165) is 65.0 Å². The Balaban J connectivity index is 1.81. The van der Waals surface area contributed by atoms with Gasteiger partial charge < -0.3 is 9.84 Å². The van der Waals surface area contributed by atoms with E-state index in [1.165, 1.54) is 51.4 Å². The predicted octanol–water partition coefficient (Wildman–Crippen LogP) is 9.70. The molecule has 0 bridgehead atoms. The van der Waals surface area contributed by atoms with Crippen LogP contribution in [0.5, 0.6) is 11.5 Å². The number of alkyl halides is 2. The topological polar surface area (TPSA) is 29.5 Å². The molecule has 1 N–H and O–H groups in total. The van der Waals surface area contributed by atoms with Gasteiger partial charge in [-0.15, -0.1) is 23.2 Å². The number of hydrogen-bond donors (Lipinski definition) is 1. The van der Waals surface area contributed by atoms with E-state index >= 15 is 0 Å². The molecule has 0 spiro atoms. The van der Waals surface area contributed by atoms with Gasteiger partial charge in [0, 0.05) is 16.7 Å². The molecule has 1 aromatic carbocycles. The van der Waals surface area contributed by atoms with Gasteiger partial charge >= 0.3 is 0 Å². The largest absolute Gasteiger partial charge is 0.507 e. The number of ether oxygens (including phenoxy) is 1. The Kier molecular flexibility index (Phi) is 11.7. The normalized spacial score (nSPS) is 19.9. The van der Waals surface area contributed by atoms with E-state index in [4.69, 9.17) is 27.9 Å². The minimum absolute atomic E-state index is 0.160. The minimum atomic E-state index is -0.160. The SMILES string of the molecule is Cc1c(CCl)c(O)c(CCl)c2c1OC(C)(CCCC(C)CCCC(C)CCCC(C)C)CC2. The second-order valence-electron chi connectivity index (χ2n) is 11.4. The number of hydrogen-bond acceptors (Lipinski definition) is 2. The zero-order chi connectivity index (χ0) is 24.6. The number of fused-ring (bicyclic) bond motifs is 1. The van der Waals surface area contributed by atoms with Crippen molar-refractivity contribution in [2.75, 3.05) is 0 Å². The van der Waals surface area contributed by atoms with E-state index < -0.39 is 0 Å². The van der Waals surface area contributed by atoms with Crippen molar-refractivity contribution in [1.29, 1.82) is 0 Å². The lowest BCUT2D eigenvalue weighted by Crippen LogP contribution is -2.37. The molecule has 0 amide bonds. The Morgan fingerprint density at radius 3 is 1.97 bits per heavy atom. The third-order valence-electron chi connectivity index (χ3n) is 7.80. The average molecular weight is 500 g/mol. The minimum Gasteiger partial charge on any atom is -0.507 e. The van der Waals surface area contributed by atoms with Gasteiger partial charge in [-0.05, 0) is 62.8 Å². The number of halogens is 2. The van der Waals surface area contributed by atoms with Gasteiger partial charge in [-0.2, -0.15) is 0 Å². The lowest BCUT2D eigenvalue weighted by atomic mass is 9.83. The summed E-state index contributed by atoms with van der Waals surface area (Å²) in [7, 11) is 0. The fourth-order valence-corrected chi connectivity index (χ4v) is 5.99. The summed E-state index contributed by atoms with van der Waals surface area (Å²) in [5.74, 6) is 4.19. The second-order valence-corrected chi connectivity index (χ2v) is 12.0. The van der Waals surface area contributed by atoms with Crippen LogP contribution >= 0.6 is 23.2 Å². The molecule has 4 heteroatoms. The highest BCUT2D eigenvalue weighted by Gasteiger charge is 2.35. The zero-order valence-electron chi connectivity index (χ0n) is 22.0. The molecule has 190 valence electrons. The number of aromatic hydroxyl groups is 1. The van der Waals surface area contributed by atoms with Crippen LogP contribution in [0.15, 0.2) is 0 Å². The van der Waals surface area contributed by atoms with Crippen molar-refractivity contribution in [2.24, 2.45) is 17.8 Å². The molecule has 1 aromatic rings. The van der Waals surface area contributed by atoms with Gasteiger partial charge in [-0.25, -0.2) is 0 Å². The molecular formula is C29H48Cl2O2. The van der Waals surface area contributed by atoms with Crippen molar-refractivity contribution < 1.29 is 9.84 Å². The number of rotatable bonds is 14. The monoisotopic (exact) mass is 498 g/mol. The second kappa shape index (κ2) is 13.5. The molecule has 0 aromatic heterocycles. The summed E-state index contributed by atoms with van der Waals surface area (Å²) >= 11 is 12.3. The summed E-state index contributed by atoms with van der Waals surface area (Å²) in [5, 5.41) is 10.6. The first-order chi connectivity index (χ1) is 15.6. The van der Waals surface area contributed by atoms with Crippen LogP contribution in [0.2, 0.25) is 0 Å². The van der Waals surface area contributed by atoms with Crippen LogP contribution < -0.4 is 4.74 Å². The summed E-state index contributed by atoms with van der Waals surface area (Å²) in [4.78, 5) is 0. The first-order valence-electron chi connectivity index (χ1n) is 13.3. The maximum Gasteiger partial charge on any atom is 0.127 e. The standard InChI is InChI=1S/C29H48Cl2O2/c1-20(2)10-7-11-21(3)12-8-13-22(4)14-9-16-29(6)17-15-24-26(19-31)27(32)25(18-30)23(5)28(24)33-29/h20-22,32H,7-19H2,1-6H3. The molecule has 0 fully saturated rings. The van der Waals surface area contributed by atoms with Gasteiger partial charge in [0.15, 0.2) is 0 Å². The van der Waals surface area contributed by atoms with Crippen molar-refractivity contribution in [1.82, 2.24) is 0 Å². The van der Waals surface area contributed by atoms with Gasteiger partial charge in [0.1, 0.15) is 17.1 Å². The zero-order valence-corrected chi connectivity index (χ0v) is 23.5. The quantitative estimate of drug-likeness (QED) is 0.258. The van der Waals surface area contributed by atoms with Crippen LogP contribution in [0.4, 0.5) is 0 Å². The van der Waals surface area contributed by atoms with Crippen LogP contribution in [0.25, 0.3) is 0 Å². The molecule has 33 heavy (non-hydrogen) atoms. The Labute approximate surface area is 213 Å². The molecule has 0 radical (unpaired) electrons. The van der Waals surface area contributed by atoms with Crippen molar-refractivity contribution in [3.8, 4) is 11.5 Å². The third-order valence-corrected chi connectivity index (χ3v) is 8.33. The highest BCUT2D eigenvalue weighted by molar-refractivity contribution is 6.18. The summed E-state index contributed by atoms with van der Waals surface area (Å²) in [5.41, 5.74) is 3.42. The highest BCUT2D eigenvalue weighted by Crippen LogP contribution is 2.46. The fraction of sp³-hybridized carbons (Fsp3) is 0.793. The van der Waals surface area contributed by atoms with Crippen molar-refractivity contribution >= 4 is 23.2 Å². The lowest BCUT2D eigenvalue weighted by molar-refractivity contribution is 0.0511. The number of phenolic OH excluding ortho intramolecular Hbond substituents is 1. The third kappa shape index (κ3) is 8.24. The first-order valence-corrected chi connectivity index (χ1v) is 14.4. The molecule has 0 aliphatic carbocycles. The van der Waals surface area contributed by atoms with E-state index in [1.807, 2.05) is 6.92 Å². The van der Waals surface area contributed by atoms with Crippen molar-refractivity contribution in [2.45, 2.75) is 130 Å². The van der Waals surface area contributed by atoms with Gasteiger partial charge in [-0.1, -0.05) is 72.6 Å². The van der Waals surface area contributed by atoms with Gasteiger partial charge in [0.05, 0.1) is 11.8 Å². The van der Waals surface area contributed by atoms with Crippen molar-refractivity contribution in [3.63, 3.8) is 0 Å².